The van der Waals surface area contributed by atoms with E-state index < -0.39 is 6.10 Å². The van der Waals surface area contributed by atoms with Crippen molar-refractivity contribution >= 4 is 34.7 Å². The number of benzene rings is 1. The van der Waals surface area contributed by atoms with Crippen LogP contribution in [0.25, 0.3) is 0 Å². The van der Waals surface area contributed by atoms with Gasteiger partial charge in [-0.15, -0.1) is 10.2 Å². The second kappa shape index (κ2) is 7.09. The summed E-state index contributed by atoms with van der Waals surface area (Å²) in [4.78, 5) is 0. The lowest BCUT2D eigenvalue weighted by Gasteiger charge is -2.12. The third kappa shape index (κ3) is 4.65. The number of rotatable bonds is 6. The van der Waals surface area contributed by atoms with E-state index in [9.17, 15) is 5.11 Å². The molecule has 1 aromatic carbocycles. The molecule has 1 aromatic heterocycles. The van der Waals surface area contributed by atoms with Crippen LogP contribution in [0.2, 0.25) is 5.02 Å². The summed E-state index contributed by atoms with van der Waals surface area (Å²) in [5.41, 5.74) is 2.73. The molecule has 1 heterocycles. The van der Waals surface area contributed by atoms with E-state index >= 15 is 0 Å². The predicted molar refractivity (Wildman–Crippen MR) is 78.3 cm³/mol. The molecular weight excluding hydrogens is 304 g/mol. The minimum Gasteiger partial charge on any atom is -0.489 e. The van der Waals surface area contributed by atoms with Gasteiger partial charge in [0.2, 0.25) is 0 Å². The molecule has 0 spiro atoms. The van der Waals surface area contributed by atoms with Crippen LogP contribution in [0.15, 0.2) is 28.0 Å². The van der Waals surface area contributed by atoms with E-state index in [1.165, 1.54) is 23.1 Å². The number of aliphatic hydroxyl groups is 1. The first-order valence-electron chi connectivity index (χ1n) is 5.61. The van der Waals surface area contributed by atoms with Crippen molar-refractivity contribution < 1.29 is 9.84 Å². The SMILES string of the molecule is Cc1ccc(Cl)c(OCC(O)CSc2nncs2)c1. The summed E-state index contributed by atoms with van der Waals surface area (Å²) in [6, 6.07) is 5.55. The van der Waals surface area contributed by atoms with E-state index in [4.69, 9.17) is 16.3 Å². The molecule has 4 nitrogen and oxygen atoms in total. The third-order valence-electron chi connectivity index (χ3n) is 2.26. The van der Waals surface area contributed by atoms with Crippen molar-refractivity contribution in [1.29, 1.82) is 0 Å². The molecule has 0 aliphatic carbocycles. The Bertz CT molecular complexity index is 522. The number of hydrogen-bond acceptors (Lipinski definition) is 6. The first-order valence-corrected chi connectivity index (χ1v) is 7.85. The van der Waals surface area contributed by atoms with Gasteiger partial charge in [0.1, 0.15) is 17.9 Å². The molecule has 0 fully saturated rings. The van der Waals surface area contributed by atoms with Crippen LogP contribution in [0.5, 0.6) is 5.75 Å². The summed E-state index contributed by atoms with van der Waals surface area (Å²) in [6.45, 7) is 2.17. The number of halogens is 1. The molecule has 1 unspecified atom stereocenters. The van der Waals surface area contributed by atoms with Crippen molar-refractivity contribution in [3.05, 3.63) is 34.3 Å². The van der Waals surface area contributed by atoms with Gasteiger partial charge in [-0.25, -0.2) is 0 Å². The van der Waals surface area contributed by atoms with Crippen LogP contribution in [0.1, 0.15) is 5.56 Å². The van der Waals surface area contributed by atoms with Crippen LogP contribution in [0.3, 0.4) is 0 Å². The minimum absolute atomic E-state index is 0.203. The van der Waals surface area contributed by atoms with Crippen molar-refractivity contribution in [3.8, 4) is 5.75 Å². The number of ether oxygens (including phenoxy) is 1. The summed E-state index contributed by atoms with van der Waals surface area (Å²) in [6.07, 6.45) is -0.578. The normalized spacial score (nSPS) is 12.4. The molecule has 2 rings (SSSR count). The third-order valence-corrected chi connectivity index (χ3v) is 4.57. The Morgan fingerprint density at radius 3 is 3.11 bits per heavy atom. The second-order valence-corrected chi connectivity index (χ2v) is 6.42. The zero-order valence-electron chi connectivity index (χ0n) is 10.2. The number of thioether (sulfide) groups is 1. The van der Waals surface area contributed by atoms with Crippen LogP contribution in [0, 0.1) is 6.92 Å². The van der Waals surface area contributed by atoms with E-state index in [2.05, 4.69) is 10.2 Å². The van der Waals surface area contributed by atoms with Crippen molar-refractivity contribution in [2.45, 2.75) is 17.4 Å². The lowest BCUT2D eigenvalue weighted by molar-refractivity contribution is 0.126. The standard InChI is InChI=1S/C12H13ClN2O2S2/c1-8-2-3-10(13)11(4-8)17-5-9(16)6-18-12-15-14-7-19-12/h2-4,7,9,16H,5-6H2,1H3. The average molecular weight is 317 g/mol. The fourth-order valence-electron chi connectivity index (χ4n) is 1.35. The lowest BCUT2D eigenvalue weighted by Crippen LogP contribution is -2.20. The minimum atomic E-state index is -0.578. The van der Waals surface area contributed by atoms with Gasteiger partial charge in [-0.1, -0.05) is 40.8 Å². The van der Waals surface area contributed by atoms with E-state index in [-0.39, 0.29) is 6.61 Å². The number of nitrogens with zero attached hydrogens (tertiary/aromatic N) is 2. The molecule has 0 amide bonds. The van der Waals surface area contributed by atoms with Gasteiger partial charge in [-0.05, 0) is 24.6 Å². The molecular formula is C12H13ClN2O2S2. The first kappa shape index (κ1) is 14.6. The first-order chi connectivity index (χ1) is 9.15. The largest absolute Gasteiger partial charge is 0.489 e. The molecule has 2 aromatic rings. The molecule has 7 heteroatoms. The van der Waals surface area contributed by atoms with Gasteiger partial charge in [0.25, 0.3) is 0 Å². The second-order valence-electron chi connectivity index (χ2n) is 3.91. The van der Waals surface area contributed by atoms with Gasteiger partial charge in [0.15, 0.2) is 4.34 Å². The van der Waals surface area contributed by atoms with Crippen molar-refractivity contribution in [2.24, 2.45) is 0 Å². The highest BCUT2D eigenvalue weighted by atomic mass is 35.5. The fourth-order valence-corrected chi connectivity index (χ4v) is 2.94. The maximum atomic E-state index is 9.84. The maximum Gasteiger partial charge on any atom is 0.174 e. The Hall–Kier alpha value is -0.820. The van der Waals surface area contributed by atoms with Crippen LogP contribution in [-0.4, -0.2) is 33.8 Å². The maximum absolute atomic E-state index is 9.84. The quantitative estimate of drug-likeness (QED) is 0.830. The van der Waals surface area contributed by atoms with Crippen molar-refractivity contribution in [2.75, 3.05) is 12.4 Å². The Morgan fingerprint density at radius 1 is 1.53 bits per heavy atom. The molecule has 1 N–H and O–H groups in total. The molecule has 19 heavy (non-hydrogen) atoms. The Morgan fingerprint density at radius 2 is 2.37 bits per heavy atom. The molecule has 0 bridgehead atoms. The van der Waals surface area contributed by atoms with Crippen LogP contribution < -0.4 is 4.74 Å². The van der Waals surface area contributed by atoms with E-state index in [1.807, 2.05) is 19.1 Å². The van der Waals surface area contributed by atoms with Gasteiger partial charge < -0.3 is 9.84 Å². The highest BCUT2D eigenvalue weighted by molar-refractivity contribution is 8.01. The Balaban J connectivity index is 1.79. The molecule has 102 valence electrons. The van der Waals surface area contributed by atoms with Gasteiger partial charge >= 0.3 is 0 Å². The monoisotopic (exact) mass is 316 g/mol. The summed E-state index contributed by atoms with van der Waals surface area (Å²) in [5, 5.41) is 18.0. The summed E-state index contributed by atoms with van der Waals surface area (Å²) >= 11 is 8.92. The lowest BCUT2D eigenvalue weighted by atomic mass is 10.2. The molecule has 0 aliphatic rings. The van der Waals surface area contributed by atoms with Crippen LogP contribution >= 0.6 is 34.7 Å². The highest BCUT2D eigenvalue weighted by Crippen LogP contribution is 2.26. The van der Waals surface area contributed by atoms with Gasteiger partial charge in [0.05, 0.1) is 11.1 Å². The average Bonchev–Trinajstić information content (AvgIpc) is 2.90. The Labute approximate surface area is 124 Å². The van der Waals surface area contributed by atoms with Gasteiger partial charge in [-0.3, -0.25) is 0 Å². The van der Waals surface area contributed by atoms with E-state index in [0.29, 0.717) is 16.5 Å². The van der Waals surface area contributed by atoms with Gasteiger partial charge in [0, 0.05) is 5.75 Å². The van der Waals surface area contributed by atoms with E-state index in [1.54, 1.807) is 11.6 Å². The summed E-state index contributed by atoms with van der Waals surface area (Å²) in [7, 11) is 0. The Kier molecular flexibility index (Phi) is 5.45. The highest BCUT2D eigenvalue weighted by Gasteiger charge is 2.09. The van der Waals surface area contributed by atoms with Gasteiger partial charge in [-0.2, -0.15) is 0 Å². The van der Waals surface area contributed by atoms with Crippen molar-refractivity contribution in [1.82, 2.24) is 10.2 Å². The zero-order chi connectivity index (χ0) is 13.7. The summed E-state index contributed by atoms with van der Waals surface area (Å²) in [5.74, 6) is 1.11. The number of hydrogen-bond donors (Lipinski definition) is 1. The fraction of sp³-hybridized carbons (Fsp3) is 0.333. The predicted octanol–water partition coefficient (Wildman–Crippen LogP) is 3.03. The smallest absolute Gasteiger partial charge is 0.174 e. The number of aliphatic hydroxyl groups excluding tert-OH is 1. The van der Waals surface area contributed by atoms with Crippen LogP contribution in [0.4, 0.5) is 0 Å². The number of aryl methyl sites for hydroxylation is 1. The summed E-state index contributed by atoms with van der Waals surface area (Å²) < 4.78 is 6.36. The molecule has 0 saturated heterocycles. The van der Waals surface area contributed by atoms with Crippen molar-refractivity contribution in [3.63, 3.8) is 0 Å². The zero-order valence-corrected chi connectivity index (χ0v) is 12.6. The molecule has 1 atom stereocenters. The van der Waals surface area contributed by atoms with Crippen LogP contribution in [-0.2, 0) is 0 Å². The molecule has 0 aliphatic heterocycles. The topological polar surface area (TPSA) is 55.2 Å². The van der Waals surface area contributed by atoms with E-state index in [0.717, 1.165) is 9.90 Å². The number of aromatic nitrogens is 2. The molecule has 0 saturated carbocycles. The molecule has 0 radical (unpaired) electrons.